The number of carbonyl (C=O) groups excluding carboxylic acids is 2. The number of rotatable bonds is 5. The Balaban J connectivity index is 1.92. The van der Waals surface area contributed by atoms with Crippen LogP contribution in [0.2, 0.25) is 0 Å². The van der Waals surface area contributed by atoms with Crippen molar-refractivity contribution in [3.63, 3.8) is 0 Å². The van der Waals surface area contributed by atoms with Crippen molar-refractivity contribution < 1.29 is 9.59 Å². The van der Waals surface area contributed by atoms with Crippen molar-refractivity contribution in [3.8, 4) is 0 Å². The van der Waals surface area contributed by atoms with E-state index in [4.69, 9.17) is 0 Å². The van der Waals surface area contributed by atoms with Crippen molar-refractivity contribution >= 4 is 23.2 Å². The molecule has 2 aromatic rings. The standard InChI is InChI=1S/C22H28N2O2/c1-5-6-7-16-8-12-18(13-9-16)23-20(25)21(26)24-19-14-10-17(11-15-19)22(2,3)4/h8-15H,5-7H2,1-4H3,(H,23,25)(H,24,26). The highest BCUT2D eigenvalue weighted by molar-refractivity contribution is 6.43. The van der Waals surface area contributed by atoms with Crippen LogP contribution in [0.4, 0.5) is 11.4 Å². The lowest BCUT2D eigenvalue weighted by Gasteiger charge is -2.19. The van der Waals surface area contributed by atoms with E-state index in [2.05, 4.69) is 38.3 Å². The average molecular weight is 352 g/mol. The molecule has 0 aliphatic rings. The van der Waals surface area contributed by atoms with Gasteiger partial charge in [0, 0.05) is 11.4 Å². The molecular weight excluding hydrogens is 324 g/mol. The van der Waals surface area contributed by atoms with Gasteiger partial charge in [-0.25, -0.2) is 0 Å². The van der Waals surface area contributed by atoms with Crippen molar-refractivity contribution in [2.45, 2.75) is 52.4 Å². The van der Waals surface area contributed by atoms with Crippen molar-refractivity contribution in [1.29, 1.82) is 0 Å². The molecule has 0 atom stereocenters. The van der Waals surface area contributed by atoms with Gasteiger partial charge in [-0.1, -0.05) is 58.4 Å². The van der Waals surface area contributed by atoms with Crippen LogP contribution in [0, 0.1) is 0 Å². The van der Waals surface area contributed by atoms with E-state index in [-0.39, 0.29) is 5.41 Å². The maximum atomic E-state index is 12.1. The molecule has 2 aromatic carbocycles. The molecule has 0 fully saturated rings. The van der Waals surface area contributed by atoms with Crippen LogP contribution < -0.4 is 10.6 Å². The molecule has 4 nitrogen and oxygen atoms in total. The highest BCUT2D eigenvalue weighted by Gasteiger charge is 2.16. The third kappa shape index (κ3) is 5.73. The van der Waals surface area contributed by atoms with Crippen LogP contribution in [-0.2, 0) is 21.4 Å². The Morgan fingerprint density at radius 3 is 1.69 bits per heavy atom. The second-order valence-corrected chi connectivity index (χ2v) is 7.54. The Kier molecular flexibility index (Phi) is 6.56. The summed E-state index contributed by atoms with van der Waals surface area (Å²) in [4.78, 5) is 24.2. The van der Waals surface area contributed by atoms with Crippen LogP contribution >= 0.6 is 0 Å². The predicted octanol–water partition coefficient (Wildman–Crippen LogP) is 4.90. The molecule has 2 rings (SSSR count). The first-order chi connectivity index (χ1) is 12.3. The highest BCUT2D eigenvalue weighted by Crippen LogP contribution is 2.23. The van der Waals surface area contributed by atoms with Crippen LogP contribution in [0.5, 0.6) is 0 Å². The van der Waals surface area contributed by atoms with Gasteiger partial charge >= 0.3 is 11.8 Å². The van der Waals surface area contributed by atoms with Gasteiger partial charge in [0.15, 0.2) is 0 Å². The van der Waals surface area contributed by atoms with Crippen LogP contribution in [-0.4, -0.2) is 11.8 Å². The van der Waals surface area contributed by atoms with Gasteiger partial charge in [0.05, 0.1) is 0 Å². The summed E-state index contributed by atoms with van der Waals surface area (Å²) in [5.41, 5.74) is 3.67. The fourth-order valence-electron chi connectivity index (χ4n) is 2.56. The summed E-state index contributed by atoms with van der Waals surface area (Å²) in [6.07, 6.45) is 3.31. The van der Waals surface area contributed by atoms with E-state index in [1.54, 1.807) is 0 Å². The molecule has 0 saturated carbocycles. The van der Waals surface area contributed by atoms with Crippen molar-refractivity contribution in [2.24, 2.45) is 0 Å². The zero-order valence-corrected chi connectivity index (χ0v) is 16.1. The van der Waals surface area contributed by atoms with E-state index in [0.29, 0.717) is 11.4 Å². The van der Waals surface area contributed by atoms with E-state index < -0.39 is 11.8 Å². The second-order valence-electron chi connectivity index (χ2n) is 7.54. The van der Waals surface area contributed by atoms with E-state index >= 15 is 0 Å². The Morgan fingerprint density at radius 2 is 1.27 bits per heavy atom. The number of aryl methyl sites for hydroxylation is 1. The van der Waals surface area contributed by atoms with E-state index in [1.165, 1.54) is 11.1 Å². The molecule has 2 N–H and O–H groups in total. The third-order valence-electron chi connectivity index (χ3n) is 4.25. The molecule has 0 aromatic heterocycles. The molecule has 0 unspecified atom stereocenters. The fourth-order valence-corrected chi connectivity index (χ4v) is 2.56. The number of hydrogen-bond donors (Lipinski definition) is 2. The van der Waals surface area contributed by atoms with Gasteiger partial charge in [-0.15, -0.1) is 0 Å². The van der Waals surface area contributed by atoms with Crippen molar-refractivity contribution in [3.05, 3.63) is 59.7 Å². The summed E-state index contributed by atoms with van der Waals surface area (Å²) in [5.74, 6) is -1.35. The normalized spacial score (nSPS) is 11.1. The number of unbranched alkanes of at least 4 members (excludes halogenated alkanes) is 1. The number of anilines is 2. The summed E-state index contributed by atoms with van der Waals surface area (Å²) >= 11 is 0. The summed E-state index contributed by atoms with van der Waals surface area (Å²) in [6.45, 7) is 8.54. The van der Waals surface area contributed by atoms with Crippen molar-refractivity contribution in [1.82, 2.24) is 0 Å². The van der Waals surface area contributed by atoms with E-state index in [0.717, 1.165) is 19.3 Å². The number of hydrogen-bond acceptors (Lipinski definition) is 2. The predicted molar refractivity (Wildman–Crippen MR) is 107 cm³/mol. The lowest BCUT2D eigenvalue weighted by atomic mass is 9.87. The smallest absolute Gasteiger partial charge is 0.314 e. The Hall–Kier alpha value is -2.62. The summed E-state index contributed by atoms with van der Waals surface area (Å²) in [5, 5.41) is 5.26. The highest BCUT2D eigenvalue weighted by atomic mass is 16.2. The quantitative estimate of drug-likeness (QED) is 0.752. The van der Waals surface area contributed by atoms with Gasteiger partial charge in [-0.2, -0.15) is 0 Å². The second kappa shape index (κ2) is 8.65. The SMILES string of the molecule is CCCCc1ccc(NC(=O)C(=O)Nc2ccc(C(C)(C)C)cc2)cc1. The molecule has 0 radical (unpaired) electrons. The molecule has 0 saturated heterocycles. The van der Waals surface area contributed by atoms with E-state index in [1.807, 2.05) is 48.5 Å². The fraction of sp³-hybridized carbons (Fsp3) is 0.364. The molecule has 0 aliphatic carbocycles. The minimum Gasteiger partial charge on any atom is -0.318 e. The molecule has 0 spiro atoms. The summed E-state index contributed by atoms with van der Waals surface area (Å²) < 4.78 is 0. The zero-order valence-electron chi connectivity index (χ0n) is 16.1. The average Bonchev–Trinajstić information content (AvgIpc) is 2.60. The molecule has 4 heteroatoms. The first kappa shape index (κ1) is 19.7. The third-order valence-corrected chi connectivity index (χ3v) is 4.25. The lowest BCUT2D eigenvalue weighted by Crippen LogP contribution is -2.29. The number of nitrogens with one attached hydrogen (secondary N) is 2. The topological polar surface area (TPSA) is 58.2 Å². The molecular formula is C22H28N2O2. The molecule has 138 valence electrons. The van der Waals surface area contributed by atoms with Gasteiger partial charge in [0.2, 0.25) is 0 Å². The monoisotopic (exact) mass is 352 g/mol. The van der Waals surface area contributed by atoms with E-state index in [9.17, 15) is 9.59 Å². The summed E-state index contributed by atoms with van der Waals surface area (Å²) in [7, 11) is 0. The number of benzene rings is 2. The maximum absolute atomic E-state index is 12.1. The molecule has 0 aliphatic heterocycles. The van der Waals surface area contributed by atoms with Gasteiger partial charge in [-0.05, 0) is 53.6 Å². The zero-order chi connectivity index (χ0) is 19.2. The first-order valence-electron chi connectivity index (χ1n) is 9.11. The van der Waals surface area contributed by atoms with Crippen LogP contribution in [0.3, 0.4) is 0 Å². The van der Waals surface area contributed by atoms with Crippen LogP contribution in [0.1, 0.15) is 51.7 Å². The van der Waals surface area contributed by atoms with Crippen LogP contribution in [0.15, 0.2) is 48.5 Å². The minimum absolute atomic E-state index is 0.0448. The molecule has 2 amide bonds. The largest absolute Gasteiger partial charge is 0.318 e. The molecule has 0 heterocycles. The molecule has 26 heavy (non-hydrogen) atoms. The van der Waals surface area contributed by atoms with Gasteiger partial charge in [0.25, 0.3) is 0 Å². The lowest BCUT2D eigenvalue weighted by molar-refractivity contribution is -0.132. The number of amides is 2. The molecule has 0 bridgehead atoms. The van der Waals surface area contributed by atoms with Gasteiger partial charge in [-0.3, -0.25) is 9.59 Å². The first-order valence-corrected chi connectivity index (χ1v) is 9.11. The van der Waals surface area contributed by atoms with Gasteiger partial charge < -0.3 is 10.6 Å². The minimum atomic E-state index is -0.677. The van der Waals surface area contributed by atoms with Gasteiger partial charge in [0.1, 0.15) is 0 Å². The maximum Gasteiger partial charge on any atom is 0.314 e. The van der Waals surface area contributed by atoms with Crippen LogP contribution in [0.25, 0.3) is 0 Å². The Bertz CT molecular complexity index is 741. The summed E-state index contributed by atoms with van der Waals surface area (Å²) in [6, 6.07) is 15.2. The van der Waals surface area contributed by atoms with Crippen molar-refractivity contribution in [2.75, 3.05) is 10.6 Å². The number of carbonyl (C=O) groups is 2. The Labute approximate surface area is 156 Å². The Morgan fingerprint density at radius 1 is 0.808 bits per heavy atom.